The van der Waals surface area contributed by atoms with E-state index in [9.17, 15) is 4.79 Å². The molecule has 7 heteroatoms. The standard InChI is InChI=1S/C20H25N5O2/c1-12(10-15-8-6-7-9-18(15)27-5)21-20(26)17-11-16(22-23-17)19-13(2)24-25(4)14(19)3/h6-9,11-12H,10H2,1-5H3,(H,21,26)(H,22,23). The van der Waals surface area contributed by atoms with Crippen LogP contribution in [0.2, 0.25) is 0 Å². The third-order valence-electron chi connectivity index (χ3n) is 4.68. The number of aromatic nitrogens is 4. The lowest BCUT2D eigenvalue weighted by Crippen LogP contribution is -2.34. The van der Waals surface area contributed by atoms with Gasteiger partial charge in [-0.25, -0.2) is 0 Å². The minimum absolute atomic E-state index is 0.0533. The van der Waals surface area contributed by atoms with Crippen LogP contribution in [0.15, 0.2) is 30.3 Å². The van der Waals surface area contributed by atoms with Crippen molar-refractivity contribution in [2.24, 2.45) is 7.05 Å². The number of amides is 1. The first kappa shape index (κ1) is 18.7. The van der Waals surface area contributed by atoms with Crippen LogP contribution in [-0.4, -0.2) is 39.0 Å². The van der Waals surface area contributed by atoms with E-state index >= 15 is 0 Å². The predicted octanol–water partition coefficient (Wildman–Crippen LogP) is 2.80. The van der Waals surface area contributed by atoms with Crippen molar-refractivity contribution in [3.63, 3.8) is 0 Å². The van der Waals surface area contributed by atoms with Gasteiger partial charge in [-0.15, -0.1) is 0 Å². The van der Waals surface area contributed by atoms with Gasteiger partial charge in [-0.2, -0.15) is 10.2 Å². The van der Waals surface area contributed by atoms with Gasteiger partial charge in [-0.1, -0.05) is 18.2 Å². The number of ether oxygens (including phenoxy) is 1. The minimum atomic E-state index is -0.185. The highest BCUT2D eigenvalue weighted by atomic mass is 16.5. The molecule has 27 heavy (non-hydrogen) atoms. The number of aromatic amines is 1. The van der Waals surface area contributed by atoms with Crippen LogP contribution >= 0.6 is 0 Å². The zero-order valence-corrected chi connectivity index (χ0v) is 16.3. The van der Waals surface area contributed by atoms with E-state index in [1.807, 2.05) is 56.8 Å². The summed E-state index contributed by atoms with van der Waals surface area (Å²) in [7, 11) is 3.54. The molecular weight excluding hydrogens is 342 g/mol. The fourth-order valence-electron chi connectivity index (χ4n) is 3.26. The van der Waals surface area contributed by atoms with Crippen LogP contribution in [0.5, 0.6) is 5.75 Å². The summed E-state index contributed by atoms with van der Waals surface area (Å²) in [6.07, 6.45) is 0.678. The topological polar surface area (TPSA) is 84.8 Å². The van der Waals surface area contributed by atoms with Gasteiger partial charge in [-0.05, 0) is 44.9 Å². The van der Waals surface area contributed by atoms with Crippen molar-refractivity contribution in [2.75, 3.05) is 7.11 Å². The molecule has 7 nitrogen and oxygen atoms in total. The van der Waals surface area contributed by atoms with Crippen LogP contribution in [0.3, 0.4) is 0 Å². The zero-order valence-electron chi connectivity index (χ0n) is 16.3. The van der Waals surface area contributed by atoms with E-state index in [1.165, 1.54) is 0 Å². The lowest BCUT2D eigenvalue weighted by Gasteiger charge is -2.15. The highest BCUT2D eigenvalue weighted by Crippen LogP contribution is 2.25. The number of benzene rings is 1. The molecule has 0 aliphatic rings. The zero-order chi connectivity index (χ0) is 19.6. The molecule has 2 aromatic heterocycles. The molecule has 3 rings (SSSR count). The van der Waals surface area contributed by atoms with Crippen molar-refractivity contribution in [1.82, 2.24) is 25.3 Å². The van der Waals surface area contributed by atoms with Gasteiger partial charge in [-0.3, -0.25) is 14.6 Å². The van der Waals surface area contributed by atoms with Crippen molar-refractivity contribution in [3.05, 3.63) is 53.0 Å². The summed E-state index contributed by atoms with van der Waals surface area (Å²) in [4.78, 5) is 12.6. The van der Waals surface area contributed by atoms with Crippen LogP contribution in [0.4, 0.5) is 0 Å². The van der Waals surface area contributed by atoms with Gasteiger partial charge >= 0.3 is 0 Å². The first-order valence-electron chi connectivity index (χ1n) is 8.89. The van der Waals surface area contributed by atoms with Crippen LogP contribution in [0.1, 0.15) is 34.4 Å². The molecule has 142 valence electrons. The molecule has 3 aromatic rings. The highest BCUT2D eigenvalue weighted by Gasteiger charge is 2.18. The number of hydrogen-bond donors (Lipinski definition) is 2. The number of carbonyl (C=O) groups is 1. The summed E-state index contributed by atoms with van der Waals surface area (Å²) in [5.41, 5.74) is 5.06. The molecular formula is C20H25N5O2. The average molecular weight is 367 g/mol. The maximum Gasteiger partial charge on any atom is 0.269 e. The van der Waals surface area contributed by atoms with E-state index < -0.39 is 0 Å². The van der Waals surface area contributed by atoms with Crippen molar-refractivity contribution in [1.29, 1.82) is 0 Å². The summed E-state index contributed by atoms with van der Waals surface area (Å²) >= 11 is 0. The number of H-pyrrole nitrogens is 1. The summed E-state index contributed by atoms with van der Waals surface area (Å²) in [5.74, 6) is 0.639. The molecule has 1 unspecified atom stereocenters. The van der Waals surface area contributed by atoms with E-state index in [2.05, 4.69) is 20.6 Å². The lowest BCUT2D eigenvalue weighted by atomic mass is 10.1. The second-order valence-corrected chi connectivity index (χ2v) is 6.73. The normalized spacial score (nSPS) is 12.0. The fraction of sp³-hybridized carbons (Fsp3) is 0.350. The molecule has 0 saturated carbocycles. The van der Waals surface area contributed by atoms with E-state index in [0.717, 1.165) is 34.0 Å². The molecule has 0 saturated heterocycles. The third kappa shape index (κ3) is 3.86. The quantitative estimate of drug-likeness (QED) is 0.702. The molecule has 1 aromatic carbocycles. The van der Waals surface area contributed by atoms with Gasteiger partial charge in [0.05, 0.1) is 18.5 Å². The number of nitrogens with one attached hydrogen (secondary N) is 2. The smallest absolute Gasteiger partial charge is 0.269 e. The van der Waals surface area contributed by atoms with Gasteiger partial charge < -0.3 is 10.1 Å². The maximum atomic E-state index is 12.6. The SMILES string of the molecule is COc1ccccc1CC(C)NC(=O)c1cc(-c2c(C)nn(C)c2C)n[nH]1. The number of methoxy groups -OCH3 is 1. The molecule has 0 aliphatic carbocycles. The van der Waals surface area contributed by atoms with Crippen molar-refractivity contribution < 1.29 is 9.53 Å². The Morgan fingerprint density at radius 2 is 2.07 bits per heavy atom. The Bertz CT molecular complexity index is 957. The van der Waals surface area contributed by atoms with E-state index in [1.54, 1.807) is 13.2 Å². The number of para-hydroxylation sites is 1. The molecule has 2 N–H and O–H groups in total. The van der Waals surface area contributed by atoms with Gasteiger partial charge in [0.2, 0.25) is 0 Å². The number of hydrogen-bond acceptors (Lipinski definition) is 4. The van der Waals surface area contributed by atoms with Crippen molar-refractivity contribution in [3.8, 4) is 17.0 Å². The molecule has 0 fully saturated rings. The Hall–Kier alpha value is -3.09. The average Bonchev–Trinajstić information content (AvgIpc) is 3.20. The van der Waals surface area contributed by atoms with Gasteiger partial charge in [0.15, 0.2) is 0 Å². The first-order valence-corrected chi connectivity index (χ1v) is 8.89. The Labute approximate surface area is 158 Å². The Kier molecular flexibility index (Phi) is 5.30. The first-order chi connectivity index (χ1) is 12.9. The molecule has 0 bridgehead atoms. The van der Waals surface area contributed by atoms with Gasteiger partial charge in [0, 0.05) is 24.3 Å². The molecule has 0 spiro atoms. The van der Waals surface area contributed by atoms with Gasteiger partial charge in [0.1, 0.15) is 11.4 Å². The monoisotopic (exact) mass is 367 g/mol. The summed E-state index contributed by atoms with van der Waals surface area (Å²) in [6, 6.07) is 9.53. The lowest BCUT2D eigenvalue weighted by molar-refractivity contribution is 0.0935. The summed E-state index contributed by atoms with van der Waals surface area (Å²) in [5, 5.41) is 14.5. The van der Waals surface area contributed by atoms with Gasteiger partial charge in [0.25, 0.3) is 5.91 Å². The Morgan fingerprint density at radius 3 is 2.74 bits per heavy atom. The molecule has 0 radical (unpaired) electrons. The summed E-state index contributed by atoms with van der Waals surface area (Å²) < 4.78 is 7.19. The largest absolute Gasteiger partial charge is 0.496 e. The number of rotatable bonds is 6. The molecule has 0 aliphatic heterocycles. The maximum absolute atomic E-state index is 12.6. The number of carbonyl (C=O) groups excluding carboxylic acids is 1. The van der Waals surface area contributed by atoms with Crippen molar-refractivity contribution >= 4 is 5.91 Å². The molecule has 1 atom stereocenters. The highest BCUT2D eigenvalue weighted by molar-refractivity contribution is 5.93. The van der Waals surface area contributed by atoms with E-state index in [4.69, 9.17) is 4.74 Å². The van der Waals surface area contributed by atoms with Crippen LogP contribution in [0.25, 0.3) is 11.3 Å². The second-order valence-electron chi connectivity index (χ2n) is 6.73. The van der Waals surface area contributed by atoms with E-state index in [0.29, 0.717) is 12.1 Å². The number of aryl methyl sites for hydroxylation is 2. The van der Waals surface area contributed by atoms with Crippen LogP contribution in [-0.2, 0) is 13.5 Å². The molecule has 2 heterocycles. The predicted molar refractivity (Wildman–Crippen MR) is 104 cm³/mol. The Balaban J connectivity index is 1.71. The molecule has 1 amide bonds. The summed E-state index contributed by atoms with van der Waals surface area (Å²) in [6.45, 7) is 5.89. The fourth-order valence-corrected chi connectivity index (χ4v) is 3.26. The van der Waals surface area contributed by atoms with Crippen LogP contribution in [0, 0.1) is 13.8 Å². The second kappa shape index (κ2) is 7.65. The van der Waals surface area contributed by atoms with Crippen molar-refractivity contribution in [2.45, 2.75) is 33.2 Å². The van der Waals surface area contributed by atoms with Crippen LogP contribution < -0.4 is 10.1 Å². The minimum Gasteiger partial charge on any atom is -0.496 e. The third-order valence-corrected chi connectivity index (χ3v) is 4.68. The number of nitrogens with zero attached hydrogens (tertiary/aromatic N) is 3. The van der Waals surface area contributed by atoms with E-state index in [-0.39, 0.29) is 11.9 Å². The Morgan fingerprint density at radius 1 is 1.33 bits per heavy atom.